The van der Waals surface area contributed by atoms with E-state index in [1.807, 2.05) is 0 Å². The Hall–Kier alpha value is -0.520. The van der Waals surface area contributed by atoms with E-state index in [1.165, 1.54) is 44.1 Å². The number of rotatable bonds is 1. The van der Waals surface area contributed by atoms with E-state index in [0.29, 0.717) is 5.41 Å². The monoisotopic (exact) mass is 190 g/mol. The third-order valence-corrected chi connectivity index (χ3v) is 4.13. The zero-order valence-electron chi connectivity index (χ0n) is 9.55. The van der Waals surface area contributed by atoms with Gasteiger partial charge >= 0.3 is 0 Å². The highest BCUT2D eigenvalue weighted by Gasteiger charge is 2.32. The standard InChI is InChI=1S/C14H22/c1-12-8-10-14(2,11-9-12)13-6-4-3-5-7-13/h8-10,13H,3-7,11H2,1-2H3. The van der Waals surface area contributed by atoms with Gasteiger partial charge in [0.05, 0.1) is 0 Å². The Morgan fingerprint density at radius 3 is 2.50 bits per heavy atom. The van der Waals surface area contributed by atoms with Crippen LogP contribution in [0.4, 0.5) is 0 Å². The van der Waals surface area contributed by atoms with Crippen molar-refractivity contribution >= 4 is 0 Å². The Labute approximate surface area is 88.1 Å². The second-order valence-corrected chi connectivity index (χ2v) is 5.33. The maximum atomic E-state index is 2.47. The molecule has 14 heavy (non-hydrogen) atoms. The highest BCUT2D eigenvalue weighted by molar-refractivity contribution is 5.25. The molecular weight excluding hydrogens is 168 g/mol. The van der Waals surface area contributed by atoms with Crippen LogP contribution in [0.2, 0.25) is 0 Å². The van der Waals surface area contributed by atoms with Gasteiger partial charge in [-0.1, -0.05) is 50.0 Å². The lowest BCUT2D eigenvalue weighted by atomic mass is 9.66. The van der Waals surface area contributed by atoms with Crippen LogP contribution in [0.3, 0.4) is 0 Å². The minimum Gasteiger partial charge on any atom is -0.0807 e. The summed E-state index contributed by atoms with van der Waals surface area (Å²) in [4.78, 5) is 0. The lowest BCUT2D eigenvalue weighted by Crippen LogP contribution is -2.28. The van der Waals surface area contributed by atoms with Crippen molar-refractivity contribution < 1.29 is 0 Å². The van der Waals surface area contributed by atoms with Crippen molar-refractivity contribution in [2.45, 2.75) is 52.4 Å². The first-order valence-electron chi connectivity index (χ1n) is 6.07. The van der Waals surface area contributed by atoms with E-state index in [4.69, 9.17) is 0 Å². The Kier molecular flexibility index (Phi) is 2.80. The van der Waals surface area contributed by atoms with Crippen LogP contribution in [-0.2, 0) is 0 Å². The van der Waals surface area contributed by atoms with E-state index >= 15 is 0 Å². The largest absolute Gasteiger partial charge is 0.0807 e. The predicted molar refractivity (Wildman–Crippen MR) is 62.2 cm³/mol. The van der Waals surface area contributed by atoms with Crippen molar-refractivity contribution in [2.24, 2.45) is 11.3 Å². The van der Waals surface area contributed by atoms with E-state index in [-0.39, 0.29) is 0 Å². The topological polar surface area (TPSA) is 0 Å². The third kappa shape index (κ3) is 1.94. The van der Waals surface area contributed by atoms with Crippen LogP contribution >= 0.6 is 0 Å². The van der Waals surface area contributed by atoms with E-state index in [9.17, 15) is 0 Å². The molecule has 0 bridgehead atoms. The highest BCUT2D eigenvalue weighted by Crippen LogP contribution is 2.44. The molecule has 0 aromatic carbocycles. The average Bonchev–Trinajstić information content (AvgIpc) is 2.24. The van der Waals surface area contributed by atoms with E-state index in [1.54, 1.807) is 0 Å². The van der Waals surface area contributed by atoms with E-state index in [0.717, 1.165) is 5.92 Å². The summed E-state index contributed by atoms with van der Waals surface area (Å²) in [7, 11) is 0. The van der Waals surface area contributed by atoms with Gasteiger partial charge in [0, 0.05) is 0 Å². The van der Waals surface area contributed by atoms with E-state index in [2.05, 4.69) is 32.1 Å². The maximum Gasteiger partial charge on any atom is -0.00804 e. The normalized spacial score (nSPS) is 34.3. The molecule has 2 aliphatic rings. The average molecular weight is 190 g/mol. The molecule has 0 aliphatic heterocycles. The summed E-state index contributed by atoms with van der Waals surface area (Å²) in [6.07, 6.45) is 15.7. The SMILES string of the molecule is CC1=CCC(C)(C2CCCCC2)C=C1. The van der Waals surface area contributed by atoms with Gasteiger partial charge in [-0.05, 0) is 37.5 Å². The smallest absolute Gasteiger partial charge is 0.00804 e. The van der Waals surface area contributed by atoms with Crippen LogP contribution in [0.25, 0.3) is 0 Å². The summed E-state index contributed by atoms with van der Waals surface area (Å²) >= 11 is 0. The zero-order valence-corrected chi connectivity index (χ0v) is 9.55. The fourth-order valence-electron chi connectivity index (χ4n) is 2.90. The van der Waals surface area contributed by atoms with Crippen LogP contribution in [0, 0.1) is 11.3 Å². The van der Waals surface area contributed by atoms with Gasteiger partial charge in [0.25, 0.3) is 0 Å². The van der Waals surface area contributed by atoms with Crippen molar-refractivity contribution in [1.82, 2.24) is 0 Å². The predicted octanol–water partition coefficient (Wildman–Crippen LogP) is 4.48. The summed E-state index contributed by atoms with van der Waals surface area (Å²) in [6.45, 7) is 4.65. The van der Waals surface area contributed by atoms with Gasteiger partial charge in [-0.25, -0.2) is 0 Å². The first kappa shape index (κ1) is 10.0. The Balaban J connectivity index is 2.05. The minimum atomic E-state index is 0.472. The van der Waals surface area contributed by atoms with Gasteiger partial charge in [-0.15, -0.1) is 0 Å². The van der Waals surface area contributed by atoms with Gasteiger partial charge in [-0.2, -0.15) is 0 Å². The van der Waals surface area contributed by atoms with Gasteiger partial charge < -0.3 is 0 Å². The van der Waals surface area contributed by atoms with Crippen molar-refractivity contribution in [1.29, 1.82) is 0 Å². The second-order valence-electron chi connectivity index (χ2n) is 5.33. The molecule has 0 aromatic rings. The first-order chi connectivity index (χ1) is 6.71. The summed E-state index contributed by atoms with van der Waals surface area (Å²) in [5.41, 5.74) is 1.92. The maximum absolute atomic E-state index is 2.47. The van der Waals surface area contributed by atoms with Gasteiger partial charge in [0.1, 0.15) is 0 Å². The van der Waals surface area contributed by atoms with Crippen LogP contribution in [0.5, 0.6) is 0 Å². The molecule has 2 aliphatic carbocycles. The Morgan fingerprint density at radius 1 is 1.21 bits per heavy atom. The molecule has 1 unspecified atom stereocenters. The molecule has 1 atom stereocenters. The third-order valence-electron chi connectivity index (χ3n) is 4.13. The molecule has 1 saturated carbocycles. The first-order valence-corrected chi connectivity index (χ1v) is 6.07. The van der Waals surface area contributed by atoms with Crippen molar-refractivity contribution in [3.05, 3.63) is 23.8 Å². The van der Waals surface area contributed by atoms with Crippen molar-refractivity contribution in [3.8, 4) is 0 Å². The summed E-state index contributed by atoms with van der Waals surface area (Å²) in [5, 5.41) is 0. The second kappa shape index (κ2) is 3.92. The van der Waals surface area contributed by atoms with Crippen molar-refractivity contribution in [2.75, 3.05) is 0 Å². The fraction of sp³-hybridized carbons (Fsp3) is 0.714. The van der Waals surface area contributed by atoms with Crippen LogP contribution in [0.15, 0.2) is 23.8 Å². The lowest BCUT2D eigenvalue weighted by molar-refractivity contribution is 0.190. The Morgan fingerprint density at radius 2 is 1.93 bits per heavy atom. The number of hydrogen-bond acceptors (Lipinski definition) is 0. The highest BCUT2D eigenvalue weighted by atomic mass is 14.4. The molecule has 0 heterocycles. The van der Waals surface area contributed by atoms with Crippen LogP contribution in [-0.4, -0.2) is 0 Å². The van der Waals surface area contributed by atoms with Crippen LogP contribution in [0.1, 0.15) is 52.4 Å². The Bertz CT molecular complexity index is 253. The number of allylic oxidation sites excluding steroid dienone is 4. The minimum absolute atomic E-state index is 0.472. The zero-order chi connectivity index (χ0) is 10.0. The molecule has 78 valence electrons. The molecule has 2 rings (SSSR count). The molecule has 0 saturated heterocycles. The molecule has 0 radical (unpaired) electrons. The molecule has 0 heteroatoms. The molecule has 0 N–H and O–H groups in total. The fourth-order valence-corrected chi connectivity index (χ4v) is 2.90. The molecule has 0 aromatic heterocycles. The number of hydrogen-bond donors (Lipinski definition) is 0. The summed E-state index contributed by atoms with van der Waals surface area (Å²) in [6, 6.07) is 0. The summed E-state index contributed by atoms with van der Waals surface area (Å²) in [5.74, 6) is 0.942. The molecule has 0 spiro atoms. The van der Waals surface area contributed by atoms with Gasteiger partial charge in [0.15, 0.2) is 0 Å². The van der Waals surface area contributed by atoms with Crippen molar-refractivity contribution in [3.63, 3.8) is 0 Å². The van der Waals surface area contributed by atoms with Gasteiger partial charge in [-0.3, -0.25) is 0 Å². The quantitative estimate of drug-likeness (QED) is 0.572. The lowest BCUT2D eigenvalue weighted by Gasteiger charge is -2.38. The molecule has 0 nitrogen and oxygen atoms in total. The molecular formula is C14H22. The van der Waals surface area contributed by atoms with Crippen LogP contribution < -0.4 is 0 Å². The van der Waals surface area contributed by atoms with E-state index < -0.39 is 0 Å². The van der Waals surface area contributed by atoms with Gasteiger partial charge in [0.2, 0.25) is 0 Å². The molecule has 0 amide bonds. The molecule has 1 fully saturated rings. The summed E-state index contributed by atoms with van der Waals surface area (Å²) < 4.78 is 0.